The van der Waals surface area contributed by atoms with Crippen LogP contribution in [0.5, 0.6) is 0 Å². The lowest BCUT2D eigenvalue weighted by atomic mass is 10.3. The molecule has 0 saturated heterocycles. The molecule has 1 rings (SSSR count). The fraction of sp³-hybridized carbons (Fsp3) is 0.200. The monoisotopic (exact) mass is 184 g/mol. The minimum absolute atomic E-state index is 0.0561. The number of nitro groups is 1. The van der Waals surface area contributed by atoms with Crippen LogP contribution in [0.15, 0.2) is 0 Å². The first-order valence-electron chi connectivity index (χ1n) is 3.31. The Morgan fingerprint density at radius 2 is 2.15 bits per heavy atom. The van der Waals surface area contributed by atoms with Gasteiger partial charge in [0.1, 0.15) is 5.69 Å². The summed E-state index contributed by atoms with van der Waals surface area (Å²) < 4.78 is 0. The van der Waals surface area contributed by atoms with Crippen LogP contribution in [0.2, 0.25) is 0 Å². The fourth-order valence-corrected chi connectivity index (χ4v) is 0.879. The highest BCUT2D eigenvalue weighted by Gasteiger charge is 2.18. The Morgan fingerprint density at radius 3 is 2.54 bits per heavy atom. The molecule has 0 unspecified atom stereocenters. The van der Waals surface area contributed by atoms with Gasteiger partial charge in [0.05, 0.1) is 4.92 Å². The highest BCUT2D eigenvalue weighted by atomic mass is 16.6. The number of hydrogen-bond acceptors (Lipinski definition) is 7. The third kappa shape index (κ3) is 1.62. The van der Waals surface area contributed by atoms with Crippen molar-refractivity contribution in [2.45, 2.75) is 6.92 Å². The van der Waals surface area contributed by atoms with Crippen LogP contribution in [-0.2, 0) is 0 Å². The Kier molecular flexibility index (Phi) is 2.24. The van der Waals surface area contributed by atoms with Crippen LogP contribution in [0.4, 0.5) is 17.5 Å². The second kappa shape index (κ2) is 3.19. The number of nitrogens with one attached hydrogen (secondary N) is 1. The summed E-state index contributed by atoms with van der Waals surface area (Å²) in [5.41, 5.74) is 7.34. The van der Waals surface area contributed by atoms with Crippen molar-refractivity contribution >= 4 is 17.5 Å². The van der Waals surface area contributed by atoms with Crippen molar-refractivity contribution in [1.29, 1.82) is 0 Å². The second-order valence-electron chi connectivity index (χ2n) is 2.27. The summed E-state index contributed by atoms with van der Waals surface area (Å²) in [5, 5.41) is 10.4. The maximum atomic E-state index is 10.4. The molecule has 1 heterocycles. The van der Waals surface area contributed by atoms with Gasteiger partial charge in [-0.1, -0.05) is 0 Å². The fourth-order valence-electron chi connectivity index (χ4n) is 0.879. The number of rotatable bonds is 2. The highest BCUT2D eigenvalue weighted by molar-refractivity contribution is 5.57. The number of nitrogens with two attached hydrogens (primary N) is 2. The molecule has 8 nitrogen and oxygen atoms in total. The van der Waals surface area contributed by atoms with Gasteiger partial charge in [-0.3, -0.25) is 15.5 Å². The largest absolute Gasteiger partial charge is 0.378 e. The molecule has 0 aromatic carbocycles. The summed E-state index contributed by atoms with van der Waals surface area (Å²) in [6.45, 7) is 1.46. The molecule has 0 spiro atoms. The van der Waals surface area contributed by atoms with E-state index in [0.717, 1.165) is 0 Å². The van der Waals surface area contributed by atoms with E-state index in [1.807, 2.05) is 0 Å². The number of aryl methyl sites for hydroxylation is 1. The molecule has 8 heteroatoms. The molecule has 70 valence electrons. The zero-order valence-corrected chi connectivity index (χ0v) is 6.81. The van der Waals surface area contributed by atoms with E-state index in [4.69, 9.17) is 11.6 Å². The summed E-state index contributed by atoms with van der Waals surface area (Å²) in [6, 6.07) is 0. The van der Waals surface area contributed by atoms with Crippen LogP contribution < -0.4 is 17.0 Å². The molecule has 0 aliphatic heterocycles. The van der Waals surface area contributed by atoms with Crippen molar-refractivity contribution in [3.63, 3.8) is 0 Å². The molecule has 0 atom stereocenters. The molecule has 0 aliphatic carbocycles. The third-order valence-electron chi connectivity index (χ3n) is 1.40. The van der Waals surface area contributed by atoms with E-state index in [1.54, 1.807) is 0 Å². The normalized spacial score (nSPS) is 9.69. The van der Waals surface area contributed by atoms with Crippen LogP contribution in [-0.4, -0.2) is 14.9 Å². The van der Waals surface area contributed by atoms with E-state index in [2.05, 4.69) is 15.4 Å². The van der Waals surface area contributed by atoms with Crippen LogP contribution in [0.25, 0.3) is 0 Å². The maximum absolute atomic E-state index is 10.4. The van der Waals surface area contributed by atoms with Crippen molar-refractivity contribution in [2.24, 2.45) is 5.84 Å². The van der Waals surface area contributed by atoms with E-state index in [-0.39, 0.29) is 23.1 Å². The van der Waals surface area contributed by atoms with Gasteiger partial charge < -0.3 is 5.73 Å². The second-order valence-corrected chi connectivity index (χ2v) is 2.27. The zero-order valence-electron chi connectivity index (χ0n) is 6.81. The van der Waals surface area contributed by atoms with Crippen molar-refractivity contribution in [3.8, 4) is 0 Å². The third-order valence-corrected chi connectivity index (χ3v) is 1.40. The molecule has 0 bridgehead atoms. The maximum Gasteiger partial charge on any atom is 0.332 e. The Bertz CT molecular complexity index is 328. The molecular formula is C5H8N6O2. The van der Waals surface area contributed by atoms with E-state index < -0.39 is 4.92 Å². The van der Waals surface area contributed by atoms with E-state index in [0.29, 0.717) is 0 Å². The van der Waals surface area contributed by atoms with Gasteiger partial charge in [-0.2, -0.15) is 4.98 Å². The van der Waals surface area contributed by atoms with Gasteiger partial charge in [0.15, 0.2) is 0 Å². The van der Waals surface area contributed by atoms with E-state index in [9.17, 15) is 10.1 Å². The molecule has 0 radical (unpaired) electrons. The first-order chi connectivity index (χ1) is 6.06. The van der Waals surface area contributed by atoms with Crippen LogP contribution >= 0.6 is 0 Å². The summed E-state index contributed by atoms with van der Waals surface area (Å²) in [7, 11) is 0. The Morgan fingerprint density at radius 1 is 1.54 bits per heavy atom. The topological polar surface area (TPSA) is 133 Å². The summed E-state index contributed by atoms with van der Waals surface area (Å²) in [6.07, 6.45) is 0. The van der Waals surface area contributed by atoms with Gasteiger partial charge in [-0.05, 0) is 6.92 Å². The predicted octanol–water partition coefficient (Wildman–Crippen LogP) is -0.439. The van der Waals surface area contributed by atoms with Gasteiger partial charge in [0.25, 0.3) is 0 Å². The molecule has 13 heavy (non-hydrogen) atoms. The molecule has 1 aromatic heterocycles. The summed E-state index contributed by atoms with van der Waals surface area (Å²) in [5.74, 6) is 4.87. The number of hydrogen-bond donors (Lipinski definition) is 3. The van der Waals surface area contributed by atoms with Gasteiger partial charge in [0, 0.05) is 0 Å². The minimum atomic E-state index is -0.634. The van der Waals surface area contributed by atoms with Gasteiger partial charge in [-0.25, -0.2) is 10.8 Å². The lowest BCUT2D eigenvalue weighted by Gasteiger charge is -2.02. The molecule has 5 N–H and O–H groups in total. The molecular weight excluding hydrogens is 176 g/mol. The Balaban J connectivity index is 3.31. The van der Waals surface area contributed by atoms with E-state index >= 15 is 0 Å². The average molecular weight is 184 g/mol. The van der Waals surface area contributed by atoms with Gasteiger partial charge >= 0.3 is 5.69 Å². The van der Waals surface area contributed by atoms with Crippen molar-refractivity contribution in [1.82, 2.24) is 9.97 Å². The first-order valence-corrected chi connectivity index (χ1v) is 3.31. The Labute approximate surface area is 73.1 Å². The number of nitrogen functional groups attached to an aromatic ring is 2. The number of aromatic nitrogens is 2. The predicted molar refractivity (Wildman–Crippen MR) is 45.6 cm³/mol. The number of hydrazine groups is 1. The molecule has 0 amide bonds. The SMILES string of the molecule is Cc1nc(NN)nc(N)c1[N+](=O)[O-]. The minimum Gasteiger partial charge on any atom is -0.378 e. The molecule has 1 aromatic rings. The number of nitrogens with zero attached hydrogens (tertiary/aromatic N) is 3. The van der Waals surface area contributed by atoms with Crippen LogP contribution in [0.3, 0.4) is 0 Å². The lowest BCUT2D eigenvalue weighted by Crippen LogP contribution is -2.13. The van der Waals surface area contributed by atoms with Crippen LogP contribution in [0.1, 0.15) is 5.69 Å². The first kappa shape index (κ1) is 9.13. The Hall–Kier alpha value is -1.96. The van der Waals surface area contributed by atoms with Gasteiger partial charge in [-0.15, -0.1) is 0 Å². The quantitative estimate of drug-likeness (QED) is 0.322. The van der Waals surface area contributed by atoms with Crippen molar-refractivity contribution in [2.75, 3.05) is 11.2 Å². The van der Waals surface area contributed by atoms with Crippen LogP contribution in [0, 0.1) is 17.0 Å². The standard InChI is InChI=1S/C5H8N6O2/c1-2-3(11(12)13)4(6)9-5(8-2)10-7/h7H2,1H3,(H3,6,8,9,10). The highest BCUT2D eigenvalue weighted by Crippen LogP contribution is 2.22. The summed E-state index contributed by atoms with van der Waals surface area (Å²) >= 11 is 0. The molecule has 0 saturated carbocycles. The van der Waals surface area contributed by atoms with E-state index in [1.165, 1.54) is 6.92 Å². The molecule has 0 fully saturated rings. The lowest BCUT2D eigenvalue weighted by molar-refractivity contribution is -0.385. The zero-order chi connectivity index (χ0) is 10.0. The van der Waals surface area contributed by atoms with Gasteiger partial charge in [0.2, 0.25) is 11.8 Å². The smallest absolute Gasteiger partial charge is 0.332 e. The van der Waals surface area contributed by atoms with Crippen molar-refractivity contribution in [3.05, 3.63) is 15.8 Å². The summed E-state index contributed by atoms with van der Waals surface area (Å²) in [4.78, 5) is 17.1. The number of anilines is 2. The molecule has 0 aliphatic rings. The van der Waals surface area contributed by atoms with Crippen molar-refractivity contribution < 1.29 is 4.92 Å². The average Bonchev–Trinajstić information content (AvgIpc) is 2.02.